The number of carbonyl (C=O) groups excluding carboxylic acids is 1. The summed E-state index contributed by atoms with van der Waals surface area (Å²) in [6.45, 7) is 3.11. The Labute approximate surface area is 112 Å². The van der Waals surface area contributed by atoms with E-state index < -0.39 is 0 Å². The molecule has 0 aromatic heterocycles. The zero-order valence-corrected chi connectivity index (χ0v) is 11.1. The van der Waals surface area contributed by atoms with Crippen molar-refractivity contribution in [2.45, 2.75) is 25.8 Å². The van der Waals surface area contributed by atoms with E-state index in [2.05, 4.69) is 0 Å². The minimum absolute atomic E-state index is 0.134. The summed E-state index contributed by atoms with van der Waals surface area (Å²) < 4.78 is 11.0. The van der Waals surface area contributed by atoms with Gasteiger partial charge in [-0.2, -0.15) is 0 Å². The number of primary amides is 1. The number of hydrogen-bond acceptors (Lipinski definition) is 4. The third kappa shape index (κ3) is 3.61. The highest BCUT2D eigenvalue weighted by atomic mass is 16.6. The van der Waals surface area contributed by atoms with Crippen molar-refractivity contribution >= 4 is 5.91 Å². The number of carbonyl (C=O) groups is 1. The Bertz CT molecular complexity index is 462. The molecule has 0 radical (unpaired) electrons. The van der Waals surface area contributed by atoms with E-state index in [4.69, 9.17) is 20.9 Å². The van der Waals surface area contributed by atoms with Crippen LogP contribution in [0.1, 0.15) is 31.4 Å². The Balaban J connectivity index is 2.02. The van der Waals surface area contributed by atoms with Crippen LogP contribution in [0.4, 0.5) is 0 Å². The highest BCUT2D eigenvalue weighted by Gasteiger charge is 2.17. The van der Waals surface area contributed by atoms with E-state index >= 15 is 0 Å². The molecule has 1 aromatic carbocycles. The second-order valence-electron chi connectivity index (χ2n) is 5.02. The highest BCUT2D eigenvalue weighted by molar-refractivity contribution is 5.73. The minimum atomic E-state index is -0.290. The molecule has 0 spiro atoms. The molecule has 1 aliphatic rings. The Kier molecular flexibility index (Phi) is 4.27. The van der Waals surface area contributed by atoms with Crippen LogP contribution in [0.25, 0.3) is 0 Å². The summed E-state index contributed by atoms with van der Waals surface area (Å²) >= 11 is 0. The second-order valence-corrected chi connectivity index (χ2v) is 5.02. The summed E-state index contributed by atoms with van der Waals surface area (Å²) in [5, 5.41) is 0. The van der Waals surface area contributed by atoms with Crippen LogP contribution in [0, 0.1) is 5.92 Å². The van der Waals surface area contributed by atoms with Gasteiger partial charge in [-0.1, -0.05) is 13.0 Å². The first kappa shape index (κ1) is 13.7. The molecule has 1 aromatic rings. The van der Waals surface area contributed by atoms with Gasteiger partial charge in [-0.05, 0) is 30.0 Å². The van der Waals surface area contributed by atoms with E-state index in [0.29, 0.717) is 26.1 Å². The van der Waals surface area contributed by atoms with E-state index in [1.807, 2.05) is 25.1 Å². The largest absolute Gasteiger partial charge is 0.486 e. The first-order valence-corrected chi connectivity index (χ1v) is 6.49. The Hall–Kier alpha value is -1.75. The predicted octanol–water partition coefficient (Wildman–Crippen LogP) is 1.36. The van der Waals surface area contributed by atoms with Crippen molar-refractivity contribution in [3.05, 3.63) is 23.8 Å². The molecule has 1 aliphatic heterocycles. The molecule has 5 nitrogen and oxygen atoms in total. The molecule has 2 rings (SSSR count). The summed E-state index contributed by atoms with van der Waals surface area (Å²) in [5.41, 5.74) is 12.3. The van der Waals surface area contributed by atoms with Crippen LogP contribution in [0.2, 0.25) is 0 Å². The summed E-state index contributed by atoms with van der Waals surface area (Å²) in [7, 11) is 0. The van der Waals surface area contributed by atoms with Crippen molar-refractivity contribution in [2.24, 2.45) is 17.4 Å². The predicted molar refractivity (Wildman–Crippen MR) is 72.0 cm³/mol. The fourth-order valence-electron chi connectivity index (χ4n) is 2.29. The molecule has 0 bridgehead atoms. The lowest BCUT2D eigenvalue weighted by Gasteiger charge is -2.21. The Morgan fingerprint density at radius 3 is 2.68 bits per heavy atom. The smallest absolute Gasteiger partial charge is 0.217 e. The van der Waals surface area contributed by atoms with Crippen LogP contribution in [-0.2, 0) is 4.79 Å². The van der Waals surface area contributed by atoms with E-state index in [1.165, 1.54) is 0 Å². The van der Waals surface area contributed by atoms with E-state index in [0.717, 1.165) is 17.1 Å². The number of nitrogens with two attached hydrogens (primary N) is 2. The average Bonchev–Trinajstić information content (AvgIpc) is 2.37. The van der Waals surface area contributed by atoms with Gasteiger partial charge in [0.05, 0.1) is 0 Å². The molecule has 104 valence electrons. The standard InChI is InChI=1S/C14H20N2O3/c1-9(7-14(16)17)6-11(15)10-2-3-12-13(8-10)19-5-4-18-12/h2-3,8-9,11H,4-7,15H2,1H3,(H2,16,17). The van der Waals surface area contributed by atoms with Crippen molar-refractivity contribution in [2.75, 3.05) is 13.2 Å². The number of ether oxygens (including phenoxy) is 2. The van der Waals surface area contributed by atoms with Crippen LogP contribution < -0.4 is 20.9 Å². The summed E-state index contributed by atoms with van der Waals surface area (Å²) in [6, 6.07) is 5.60. The lowest BCUT2D eigenvalue weighted by Crippen LogP contribution is -2.20. The molecule has 0 fully saturated rings. The number of amides is 1. The van der Waals surface area contributed by atoms with Crippen LogP contribution >= 0.6 is 0 Å². The zero-order valence-electron chi connectivity index (χ0n) is 11.1. The molecule has 19 heavy (non-hydrogen) atoms. The molecule has 1 amide bonds. The SMILES string of the molecule is CC(CC(N)=O)CC(N)c1ccc2c(c1)OCCO2. The van der Waals surface area contributed by atoms with Crippen molar-refractivity contribution < 1.29 is 14.3 Å². The summed E-state index contributed by atoms with van der Waals surface area (Å²) in [5.74, 6) is 1.37. The van der Waals surface area contributed by atoms with Crippen molar-refractivity contribution in [1.82, 2.24) is 0 Å². The monoisotopic (exact) mass is 264 g/mol. The first-order chi connectivity index (χ1) is 9.06. The van der Waals surface area contributed by atoms with Gasteiger partial charge >= 0.3 is 0 Å². The molecule has 0 saturated heterocycles. The van der Waals surface area contributed by atoms with Gasteiger partial charge in [0.25, 0.3) is 0 Å². The summed E-state index contributed by atoms with van der Waals surface area (Å²) in [4.78, 5) is 10.9. The van der Waals surface area contributed by atoms with Gasteiger partial charge in [0.15, 0.2) is 11.5 Å². The molecule has 1 heterocycles. The van der Waals surface area contributed by atoms with E-state index in [1.54, 1.807) is 0 Å². The minimum Gasteiger partial charge on any atom is -0.486 e. The zero-order chi connectivity index (χ0) is 13.8. The van der Waals surface area contributed by atoms with Crippen LogP contribution in [-0.4, -0.2) is 19.1 Å². The molecule has 5 heteroatoms. The first-order valence-electron chi connectivity index (χ1n) is 6.49. The second kappa shape index (κ2) is 5.93. The number of rotatable bonds is 5. The lowest BCUT2D eigenvalue weighted by molar-refractivity contribution is -0.118. The third-order valence-corrected chi connectivity index (χ3v) is 3.20. The van der Waals surface area contributed by atoms with E-state index in [9.17, 15) is 4.79 Å². The Morgan fingerprint density at radius 2 is 2.00 bits per heavy atom. The van der Waals surface area contributed by atoms with Crippen molar-refractivity contribution in [3.63, 3.8) is 0 Å². The number of hydrogen-bond donors (Lipinski definition) is 2. The highest BCUT2D eigenvalue weighted by Crippen LogP contribution is 2.33. The maximum atomic E-state index is 10.9. The van der Waals surface area contributed by atoms with Crippen LogP contribution in [0.5, 0.6) is 11.5 Å². The fourth-order valence-corrected chi connectivity index (χ4v) is 2.29. The molecular formula is C14H20N2O3. The topological polar surface area (TPSA) is 87.6 Å². The molecule has 2 atom stereocenters. The molecule has 0 aliphatic carbocycles. The summed E-state index contributed by atoms with van der Waals surface area (Å²) in [6.07, 6.45) is 1.07. The van der Waals surface area contributed by atoms with Crippen LogP contribution in [0.3, 0.4) is 0 Å². The van der Waals surface area contributed by atoms with Gasteiger partial charge in [-0.15, -0.1) is 0 Å². The fraction of sp³-hybridized carbons (Fsp3) is 0.500. The van der Waals surface area contributed by atoms with Crippen molar-refractivity contribution in [1.29, 1.82) is 0 Å². The van der Waals surface area contributed by atoms with Crippen molar-refractivity contribution in [3.8, 4) is 11.5 Å². The molecule has 0 saturated carbocycles. The number of fused-ring (bicyclic) bond motifs is 1. The molecular weight excluding hydrogens is 244 g/mol. The van der Waals surface area contributed by atoms with Crippen LogP contribution in [0.15, 0.2) is 18.2 Å². The van der Waals surface area contributed by atoms with Gasteiger partial charge in [0.2, 0.25) is 5.91 Å². The quantitative estimate of drug-likeness (QED) is 0.840. The third-order valence-electron chi connectivity index (χ3n) is 3.20. The van der Waals surface area contributed by atoms with Gasteiger partial charge < -0.3 is 20.9 Å². The molecule has 2 unspecified atom stereocenters. The van der Waals surface area contributed by atoms with Gasteiger partial charge in [0.1, 0.15) is 13.2 Å². The van der Waals surface area contributed by atoms with E-state index in [-0.39, 0.29) is 17.9 Å². The van der Waals surface area contributed by atoms with Gasteiger partial charge in [-0.25, -0.2) is 0 Å². The average molecular weight is 264 g/mol. The number of benzene rings is 1. The normalized spacial score (nSPS) is 16.7. The molecule has 4 N–H and O–H groups in total. The lowest BCUT2D eigenvalue weighted by atomic mass is 9.94. The van der Waals surface area contributed by atoms with Gasteiger partial charge in [-0.3, -0.25) is 4.79 Å². The maximum Gasteiger partial charge on any atom is 0.217 e. The van der Waals surface area contributed by atoms with Gasteiger partial charge in [0, 0.05) is 12.5 Å². The maximum absolute atomic E-state index is 10.9. The Morgan fingerprint density at radius 1 is 1.32 bits per heavy atom.